The van der Waals surface area contributed by atoms with Crippen molar-refractivity contribution in [3.63, 3.8) is 0 Å². The zero-order valence-electron chi connectivity index (χ0n) is 18.9. The van der Waals surface area contributed by atoms with E-state index in [4.69, 9.17) is 4.74 Å². The number of amides is 2. The first kappa shape index (κ1) is 24.3. The average molecular weight is 435 g/mol. The summed E-state index contributed by atoms with van der Waals surface area (Å²) in [6.45, 7) is 8.95. The molecule has 9 heteroatoms. The highest BCUT2D eigenvalue weighted by Crippen LogP contribution is 2.27. The Hall–Kier alpha value is -2.97. The second-order valence-electron chi connectivity index (χ2n) is 8.52. The summed E-state index contributed by atoms with van der Waals surface area (Å²) in [6.07, 6.45) is 0.628. The third-order valence-corrected chi connectivity index (χ3v) is 5.09. The van der Waals surface area contributed by atoms with E-state index in [1.165, 1.54) is 24.1 Å². The van der Waals surface area contributed by atoms with E-state index in [2.05, 4.69) is 15.0 Å². The predicted octanol–water partition coefficient (Wildman–Crippen LogP) is 3.78. The van der Waals surface area contributed by atoms with Gasteiger partial charge in [-0.1, -0.05) is 13.8 Å². The third kappa shape index (κ3) is 6.26. The Morgan fingerprint density at radius 3 is 2.42 bits per heavy atom. The van der Waals surface area contributed by atoms with E-state index in [1.54, 1.807) is 20.8 Å². The first-order chi connectivity index (χ1) is 14.4. The number of nitrogens with zero attached hydrogens (tertiary/aromatic N) is 2. The van der Waals surface area contributed by atoms with E-state index < -0.39 is 29.0 Å². The van der Waals surface area contributed by atoms with Gasteiger partial charge in [-0.05, 0) is 57.4 Å². The minimum atomic E-state index is -0.842. The minimum absolute atomic E-state index is 0.0250. The maximum absolute atomic E-state index is 14.1. The van der Waals surface area contributed by atoms with E-state index in [-0.39, 0.29) is 30.4 Å². The van der Waals surface area contributed by atoms with Crippen LogP contribution in [0.5, 0.6) is 0 Å². The number of hydrogen-bond acceptors (Lipinski definition) is 5. The van der Waals surface area contributed by atoms with Crippen LogP contribution < -0.4 is 5.32 Å². The van der Waals surface area contributed by atoms with Gasteiger partial charge in [0.15, 0.2) is 0 Å². The third-order valence-electron chi connectivity index (χ3n) is 5.09. The summed E-state index contributed by atoms with van der Waals surface area (Å²) < 4.78 is 24.0. The molecule has 1 aromatic rings. The molecule has 1 aliphatic rings. The van der Waals surface area contributed by atoms with Crippen molar-refractivity contribution < 1.29 is 28.2 Å². The molecule has 0 radical (unpaired) electrons. The highest BCUT2D eigenvalue weighted by atomic mass is 19.1. The van der Waals surface area contributed by atoms with E-state index in [0.29, 0.717) is 18.4 Å². The topological polar surface area (TPSA) is 97.3 Å². The molecule has 1 saturated heterocycles. The Labute approximate surface area is 181 Å². The number of rotatable bonds is 5. The molecule has 1 aliphatic heterocycles. The van der Waals surface area contributed by atoms with E-state index in [0.717, 1.165) is 6.07 Å². The van der Waals surface area contributed by atoms with Gasteiger partial charge in [0.05, 0.1) is 25.6 Å². The van der Waals surface area contributed by atoms with Crippen LogP contribution in [0.15, 0.2) is 23.2 Å². The number of aliphatic imine (C=N–C) groups is 1. The zero-order valence-corrected chi connectivity index (χ0v) is 18.9. The molecule has 0 atom stereocenters. The van der Waals surface area contributed by atoms with Gasteiger partial charge < -0.3 is 14.8 Å². The molecule has 2 rings (SSSR count). The molecule has 1 fully saturated rings. The summed E-state index contributed by atoms with van der Waals surface area (Å²) in [7, 11) is 1.20. The first-order valence-corrected chi connectivity index (χ1v) is 10.2. The summed E-state index contributed by atoms with van der Waals surface area (Å²) in [6, 6.07) is 3.71. The molecule has 1 aromatic carbocycles. The van der Waals surface area contributed by atoms with Crippen LogP contribution in [-0.4, -0.2) is 47.1 Å². The Balaban J connectivity index is 2.43. The van der Waals surface area contributed by atoms with Gasteiger partial charge in [0, 0.05) is 5.54 Å². The largest absolute Gasteiger partial charge is 0.465 e. The number of guanidine groups is 1. The lowest BCUT2D eigenvalue weighted by Crippen LogP contribution is -2.62. The van der Waals surface area contributed by atoms with Crippen LogP contribution >= 0.6 is 0 Å². The second kappa shape index (κ2) is 9.45. The number of esters is 1. The lowest BCUT2D eigenvalue weighted by molar-refractivity contribution is -0.131. The summed E-state index contributed by atoms with van der Waals surface area (Å²) >= 11 is 0. The number of carbonyl (C=O) groups excluding carboxylic acids is 3. The van der Waals surface area contributed by atoms with Crippen molar-refractivity contribution in [3.8, 4) is 0 Å². The fourth-order valence-corrected chi connectivity index (χ4v) is 3.31. The maximum atomic E-state index is 14.1. The normalized spacial score (nSPS) is 17.3. The maximum Gasteiger partial charge on any atom is 0.437 e. The van der Waals surface area contributed by atoms with Gasteiger partial charge in [-0.15, -0.1) is 4.99 Å². The monoisotopic (exact) mass is 435 g/mol. The smallest absolute Gasteiger partial charge is 0.437 e. The van der Waals surface area contributed by atoms with Crippen molar-refractivity contribution in [2.75, 3.05) is 7.11 Å². The van der Waals surface area contributed by atoms with Crippen LogP contribution in [0, 0.1) is 5.82 Å². The molecule has 31 heavy (non-hydrogen) atoms. The number of methoxy groups -OCH3 is 1. The average Bonchev–Trinajstić information content (AvgIpc) is 2.67. The van der Waals surface area contributed by atoms with Crippen molar-refractivity contribution >= 4 is 23.9 Å². The van der Waals surface area contributed by atoms with Crippen LogP contribution in [0.2, 0.25) is 0 Å². The van der Waals surface area contributed by atoms with Crippen molar-refractivity contribution in [1.29, 1.82) is 0 Å². The molecule has 1 heterocycles. The quantitative estimate of drug-likeness (QED) is 0.707. The number of ether oxygens (including phenoxy) is 2. The molecule has 2 amide bonds. The number of benzene rings is 1. The number of nitrogens with one attached hydrogen (secondary N) is 1. The van der Waals surface area contributed by atoms with Gasteiger partial charge in [0.2, 0.25) is 11.9 Å². The SMILES string of the molecule is CCC1(CC)CC(=O)N(Cc2cc(F)cc(C(=O)OC)c2)C(=NC(=O)OC(C)(C)C)N1. The summed E-state index contributed by atoms with van der Waals surface area (Å²) in [5, 5.41) is 3.22. The van der Waals surface area contributed by atoms with Gasteiger partial charge in [-0.2, -0.15) is 0 Å². The highest BCUT2D eigenvalue weighted by molar-refractivity contribution is 6.03. The van der Waals surface area contributed by atoms with Crippen molar-refractivity contribution in [2.24, 2.45) is 4.99 Å². The summed E-state index contributed by atoms with van der Waals surface area (Å²) in [5.41, 5.74) is -0.923. The molecule has 0 aromatic heterocycles. The Kier molecular flexibility index (Phi) is 7.41. The van der Waals surface area contributed by atoms with Crippen molar-refractivity contribution in [2.45, 2.75) is 71.6 Å². The minimum Gasteiger partial charge on any atom is -0.465 e. The fraction of sp³-hybridized carbons (Fsp3) is 0.545. The molecular formula is C22H30FN3O5. The predicted molar refractivity (Wildman–Crippen MR) is 113 cm³/mol. The van der Waals surface area contributed by atoms with Gasteiger partial charge >= 0.3 is 12.1 Å². The molecule has 170 valence electrons. The Morgan fingerprint density at radius 2 is 1.87 bits per heavy atom. The van der Waals surface area contributed by atoms with Gasteiger partial charge in [-0.25, -0.2) is 14.0 Å². The molecule has 0 bridgehead atoms. The van der Waals surface area contributed by atoms with Crippen molar-refractivity contribution in [1.82, 2.24) is 10.2 Å². The molecule has 8 nitrogen and oxygen atoms in total. The van der Waals surface area contributed by atoms with Crippen LogP contribution in [0.4, 0.5) is 9.18 Å². The zero-order chi connectivity index (χ0) is 23.4. The molecular weight excluding hydrogens is 405 g/mol. The van der Waals surface area contributed by atoms with Crippen LogP contribution in [0.25, 0.3) is 0 Å². The Bertz CT molecular complexity index is 888. The number of carbonyl (C=O) groups is 3. The molecule has 1 N–H and O–H groups in total. The standard InChI is InChI=1S/C22H30FN3O5/c1-7-22(8-2)12-17(27)26(19(25-22)24-20(29)31-21(3,4)5)13-14-9-15(18(28)30-6)11-16(23)10-14/h9-11H,7-8,12-13H2,1-6H3,(H,24,25,29). The molecule has 0 saturated carbocycles. The summed E-state index contributed by atoms with van der Waals surface area (Å²) in [4.78, 5) is 42.5. The summed E-state index contributed by atoms with van der Waals surface area (Å²) in [5.74, 6) is -1.56. The van der Waals surface area contributed by atoms with Crippen LogP contribution in [0.1, 0.15) is 69.8 Å². The van der Waals surface area contributed by atoms with E-state index >= 15 is 0 Å². The molecule has 0 spiro atoms. The molecule has 0 aliphatic carbocycles. The van der Waals surface area contributed by atoms with Gasteiger partial charge in [-0.3, -0.25) is 9.69 Å². The van der Waals surface area contributed by atoms with Crippen molar-refractivity contribution in [3.05, 3.63) is 35.1 Å². The lowest BCUT2D eigenvalue weighted by Gasteiger charge is -2.42. The van der Waals surface area contributed by atoms with E-state index in [9.17, 15) is 18.8 Å². The molecule has 0 unspecified atom stereocenters. The van der Waals surface area contributed by atoms with Gasteiger partial charge in [0.1, 0.15) is 11.4 Å². The number of hydrogen-bond donors (Lipinski definition) is 1. The second-order valence-corrected chi connectivity index (χ2v) is 8.52. The first-order valence-electron chi connectivity index (χ1n) is 10.2. The van der Waals surface area contributed by atoms with Crippen LogP contribution in [0.3, 0.4) is 0 Å². The lowest BCUT2D eigenvalue weighted by atomic mass is 9.87. The van der Waals surface area contributed by atoms with Gasteiger partial charge in [0.25, 0.3) is 0 Å². The number of halogens is 1. The highest BCUT2D eigenvalue weighted by Gasteiger charge is 2.40. The van der Waals surface area contributed by atoms with E-state index in [1.807, 2.05) is 13.8 Å². The fourth-order valence-electron chi connectivity index (χ4n) is 3.31. The Morgan fingerprint density at radius 1 is 1.23 bits per heavy atom. The van der Waals surface area contributed by atoms with Crippen LogP contribution in [-0.2, 0) is 20.8 Å².